The molecule has 0 aliphatic heterocycles. The topological polar surface area (TPSA) is 55.4 Å². The highest BCUT2D eigenvalue weighted by atomic mass is 32.2. The maximum atomic E-state index is 11.7. The van der Waals surface area contributed by atoms with Gasteiger partial charge in [0.1, 0.15) is 9.84 Å². The van der Waals surface area contributed by atoms with Crippen molar-refractivity contribution in [3.05, 3.63) is 35.4 Å². The van der Waals surface area contributed by atoms with Gasteiger partial charge in [-0.15, -0.1) is 0 Å². The molecule has 0 saturated carbocycles. The first kappa shape index (κ1) is 18.1. The van der Waals surface area contributed by atoms with Crippen molar-refractivity contribution in [1.29, 1.82) is 0 Å². The standard InChI is InChI=1S/C16H27NO3S/c1-4-21(18,19)12-9-16(13-17-10-11-20-3)15-7-5-14(2)6-8-15/h5-8,16-17H,4,9-13H2,1-3H3. The van der Waals surface area contributed by atoms with Crippen molar-refractivity contribution in [2.24, 2.45) is 0 Å². The van der Waals surface area contributed by atoms with Crippen LogP contribution in [0.4, 0.5) is 0 Å². The van der Waals surface area contributed by atoms with Gasteiger partial charge in [0.25, 0.3) is 0 Å². The van der Waals surface area contributed by atoms with Gasteiger partial charge in [-0.1, -0.05) is 36.8 Å². The first-order chi connectivity index (χ1) is 9.98. The van der Waals surface area contributed by atoms with E-state index in [0.717, 1.165) is 13.1 Å². The molecule has 0 aliphatic rings. The lowest BCUT2D eigenvalue weighted by atomic mass is 9.95. The van der Waals surface area contributed by atoms with Crippen LogP contribution in [-0.4, -0.2) is 46.7 Å². The number of sulfone groups is 1. The highest BCUT2D eigenvalue weighted by molar-refractivity contribution is 7.91. The molecule has 5 heteroatoms. The van der Waals surface area contributed by atoms with Crippen molar-refractivity contribution in [2.75, 3.05) is 38.3 Å². The summed E-state index contributed by atoms with van der Waals surface area (Å²) >= 11 is 0. The largest absolute Gasteiger partial charge is 0.383 e. The van der Waals surface area contributed by atoms with Crippen molar-refractivity contribution in [2.45, 2.75) is 26.2 Å². The van der Waals surface area contributed by atoms with Gasteiger partial charge in [0.15, 0.2) is 0 Å². The first-order valence-electron chi connectivity index (χ1n) is 7.45. The average Bonchev–Trinajstić information content (AvgIpc) is 2.48. The monoisotopic (exact) mass is 313 g/mol. The van der Waals surface area contributed by atoms with Crippen LogP contribution in [0.5, 0.6) is 0 Å². The predicted molar refractivity (Wildman–Crippen MR) is 87.6 cm³/mol. The minimum atomic E-state index is -2.92. The Hall–Kier alpha value is -0.910. The Morgan fingerprint density at radius 3 is 2.48 bits per heavy atom. The lowest BCUT2D eigenvalue weighted by Gasteiger charge is -2.18. The Bertz CT molecular complexity index is 497. The smallest absolute Gasteiger partial charge is 0.150 e. The number of rotatable bonds is 10. The second kappa shape index (κ2) is 9.18. The number of nitrogens with one attached hydrogen (secondary N) is 1. The van der Waals surface area contributed by atoms with Crippen LogP contribution in [-0.2, 0) is 14.6 Å². The molecule has 1 aromatic rings. The van der Waals surface area contributed by atoms with Crippen molar-refractivity contribution in [3.8, 4) is 0 Å². The minimum Gasteiger partial charge on any atom is -0.383 e. The van der Waals surface area contributed by atoms with Gasteiger partial charge < -0.3 is 10.1 Å². The third kappa shape index (κ3) is 7.07. The van der Waals surface area contributed by atoms with Crippen LogP contribution in [0.2, 0.25) is 0 Å². The molecule has 4 nitrogen and oxygen atoms in total. The Morgan fingerprint density at radius 1 is 1.24 bits per heavy atom. The highest BCUT2D eigenvalue weighted by Crippen LogP contribution is 2.20. The summed E-state index contributed by atoms with van der Waals surface area (Å²) in [7, 11) is -1.24. The van der Waals surface area contributed by atoms with Gasteiger partial charge >= 0.3 is 0 Å². The van der Waals surface area contributed by atoms with Crippen molar-refractivity contribution >= 4 is 9.84 Å². The molecule has 0 aliphatic carbocycles. The highest BCUT2D eigenvalue weighted by Gasteiger charge is 2.16. The number of ether oxygens (including phenoxy) is 1. The summed E-state index contributed by atoms with van der Waals surface area (Å²) in [5, 5.41) is 3.33. The Kier molecular flexibility index (Phi) is 7.93. The average molecular weight is 313 g/mol. The SMILES string of the molecule is CCS(=O)(=O)CCC(CNCCOC)c1ccc(C)cc1. The first-order valence-corrected chi connectivity index (χ1v) is 9.27. The van der Waals surface area contributed by atoms with E-state index in [-0.39, 0.29) is 17.4 Å². The summed E-state index contributed by atoms with van der Waals surface area (Å²) in [6.45, 7) is 5.96. The number of methoxy groups -OCH3 is 1. The van der Waals surface area contributed by atoms with Crippen molar-refractivity contribution in [1.82, 2.24) is 5.32 Å². The summed E-state index contributed by atoms with van der Waals surface area (Å²) in [5.41, 5.74) is 2.41. The molecule has 0 radical (unpaired) electrons. The van der Waals surface area contributed by atoms with Crippen LogP contribution in [0, 0.1) is 6.92 Å². The van der Waals surface area contributed by atoms with Gasteiger partial charge in [-0.2, -0.15) is 0 Å². The molecule has 1 atom stereocenters. The fourth-order valence-corrected chi connectivity index (χ4v) is 3.07. The maximum absolute atomic E-state index is 11.7. The lowest BCUT2D eigenvalue weighted by molar-refractivity contribution is 0.199. The molecular weight excluding hydrogens is 286 g/mol. The molecule has 1 unspecified atom stereocenters. The van der Waals surface area contributed by atoms with Crippen LogP contribution in [0.25, 0.3) is 0 Å². The molecule has 1 aromatic carbocycles. The molecule has 0 bridgehead atoms. The van der Waals surface area contributed by atoms with Gasteiger partial charge in [0.05, 0.1) is 12.4 Å². The Morgan fingerprint density at radius 2 is 1.90 bits per heavy atom. The van der Waals surface area contributed by atoms with Crippen molar-refractivity contribution in [3.63, 3.8) is 0 Å². The zero-order valence-corrected chi connectivity index (χ0v) is 14.1. The fourth-order valence-electron chi connectivity index (χ4n) is 2.14. The third-order valence-corrected chi connectivity index (χ3v) is 5.38. The van der Waals surface area contributed by atoms with Gasteiger partial charge in [-0.25, -0.2) is 8.42 Å². The van der Waals surface area contributed by atoms with Gasteiger partial charge in [-0.3, -0.25) is 0 Å². The van der Waals surface area contributed by atoms with Gasteiger partial charge in [0.2, 0.25) is 0 Å². The normalized spacial score (nSPS) is 13.3. The summed E-state index contributed by atoms with van der Waals surface area (Å²) in [6.07, 6.45) is 0.652. The molecule has 1 N–H and O–H groups in total. The number of hydrogen-bond donors (Lipinski definition) is 1. The second-order valence-electron chi connectivity index (χ2n) is 5.33. The van der Waals surface area contributed by atoms with E-state index in [4.69, 9.17) is 4.74 Å². The van der Waals surface area contributed by atoms with E-state index in [1.807, 2.05) is 0 Å². The Balaban J connectivity index is 2.67. The zero-order valence-electron chi connectivity index (χ0n) is 13.3. The molecule has 0 fully saturated rings. The molecule has 0 amide bonds. The van der Waals surface area contributed by atoms with E-state index in [1.165, 1.54) is 11.1 Å². The molecule has 0 saturated heterocycles. The van der Waals surface area contributed by atoms with Crippen LogP contribution >= 0.6 is 0 Å². The summed E-state index contributed by atoms with van der Waals surface area (Å²) in [5.74, 6) is 0.669. The lowest BCUT2D eigenvalue weighted by Crippen LogP contribution is -2.26. The third-order valence-electron chi connectivity index (χ3n) is 3.64. The minimum absolute atomic E-state index is 0.212. The molecule has 0 heterocycles. The maximum Gasteiger partial charge on any atom is 0.150 e. The van der Waals surface area contributed by atoms with E-state index in [9.17, 15) is 8.42 Å². The number of hydrogen-bond acceptors (Lipinski definition) is 4. The predicted octanol–water partition coefficient (Wildman–Crippen LogP) is 2.14. The van der Waals surface area contributed by atoms with E-state index >= 15 is 0 Å². The molecule has 0 aromatic heterocycles. The van der Waals surface area contributed by atoms with Crippen LogP contribution < -0.4 is 5.32 Å². The fraction of sp³-hybridized carbons (Fsp3) is 0.625. The van der Waals surface area contributed by atoms with Crippen LogP contribution in [0.15, 0.2) is 24.3 Å². The Labute approximate surface area is 128 Å². The summed E-state index contributed by atoms with van der Waals surface area (Å²) < 4.78 is 28.5. The van der Waals surface area contributed by atoms with Crippen LogP contribution in [0.3, 0.4) is 0 Å². The van der Waals surface area contributed by atoms with Crippen molar-refractivity contribution < 1.29 is 13.2 Å². The van der Waals surface area contributed by atoms with E-state index < -0.39 is 9.84 Å². The number of benzene rings is 1. The summed E-state index contributed by atoms with van der Waals surface area (Å²) in [6, 6.07) is 8.34. The zero-order chi connectivity index (χ0) is 15.7. The second-order valence-corrected chi connectivity index (χ2v) is 7.80. The van der Waals surface area contributed by atoms with Gasteiger partial charge in [-0.05, 0) is 24.8 Å². The summed E-state index contributed by atoms with van der Waals surface area (Å²) in [4.78, 5) is 0. The quantitative estimate of drug-likeness (QED) is 0.672. The molecule has 120 valence electrons. The van der Waals surface area contributed by atoms with E-state index in [0.29, 0.717) is 13.0 Å². The number of aryl methyl sites for hydroxylation is 1. The van der Waals surface area contributed by atoms with E-state index in [2.05, 4.69) is 36.5 Å². The van der Waals surface area contributed by atoms with Gasteiger partial charge in [0, 0.05) is 26.0 Å². The van der Waals surface area contributed by atoms with Crippen LogP contribution in [0.1, 0.15) is 30.4 Å². The molecular formula is C16H27NO3S. The molecule has 1 rings (SSSR count). The molecule has 0 spiro atoms. The van der Waals surface area contributed by atoms with E-state index in [1.54, 1.807) is 14.0 Å². The molecule has 21 heavy (non-hydrogen) atoms.